The van der Waals surface area contributed by atoms with Crippen molar-refractivity contribution in [3.05, 3.63) is 0 Å². The highest BCUT2D eigenvalue weighted by molar-refractivity contribution is 4.88. The Balaban J connectivity index is 1.89. The van der Waals surface area contributed by atoms with Gasteiger partial charge in [-0.25, -0.2) is 0 Å². The lowest BCUT2D eigenvalue weighted by Gasteiger charge is -2.38. The first-order valence-electron chi connectivity index (χ1n) is 5.68. The number of ether oxygens (including phenoxy) is 2. The second-order valence-corrected chi connectivity index (χ2v) is 4.57. The molecule has 3 nitrogen and oxygen atoms in total. The van der Waals surface area contributed by atoms with E-state index in [1.165, 1.54) is 12.8 Å². The van der Waals surface area contributed by atoms with E-state index in [0.717, 1.165) is 45.1 Å². The monoisotopic (exact) mass is 199 g/mol. The highest BCUT2D eigenvalue weighted by atomic mass is 16.5. The molecule has 0 saturated carbocycles. The molecular weight excluding hydrogens is 178 g/mol. The summed E-state index contributed by atoms with van der Waals surface area (Å²) in [4.78, 5) is 0. The fourth-order valence-electron chi connectivity index (χ4n) is 2.64. The summed E-state index contributed by atoms with van der Waals surface area (Å²) < 4.78 is 11.2. The first-order valence-corrected chi connectivity index (χ1v) is 5.68. The molecule has 2 aliphatic rings. The Morgan fingerprint density at radius 2 is 2.21 bits per heavy atom. The average Bonchev–Trinajstić information content (AvgIpc) is 2.72. The second kappa shape index (κ2) is 4.60. The lowest BCUT2D eigenvalue weighted by molar-refractivity contribution is -0.0519. The molecule has 2 rings (SSSR count). The van der Waals surface area contributed by atoms with Gasteiger partial charge >= 0.3 is 0 Å². The molecule has 1 unspecified atom stereocenters. The summed E-state index contributed by atoms with van der Waals surface area (Å²) in [6, 6.07) is 0. The van der Waals surface area contributed by atoms with Gasteiger partial charge in [0, 0.05) is 20.3 Å². The van der Waals surface area contributed by atoms with Gasteiger partial charge in [-0.3, -0.25) is 0 Å². The molecule has 0 aromatic heterocycles. The maximum atomic E-state index is 5.75. The van der Waals surface area contributed by atoms with Gasteiger partial charge in [-0.15, -0.1) is 0 Å². The van der Waals surface area contributed by atoms with E-state index < -0.39 is 0 Å². The van der Waals surface area contributed by atoms with Crippen molar-refractivity contribution in [1.29, 1.82) is 0 Å². The van der Waals surface area contributed by atoms with E-state index in [2.05, 4.69) is 5.32 Å². The fourth-order valence-corrected chi connectivity index (χ4v) is 2.64. The first-order chi connectivity index (χ1) is 6.85. The molecule has 2 saturated heterocycles. The SMILES string of the molecule is COC1(CC2CCOC2)CCNCC1. The van der Waals surface area contributed by atoms with Crippen LogP contribution in [0.1, 0.15) is 25.7 Å². The summed E-state index contributed by atoms with van der Waals surface area (Å²) in [6.45, 7) is 4.09. The highest BCUT2D eigenvalue weighted by Gasteiger charge is 2.35. The molecule has 0 spiro atoms. The third kappa shape index (κ3) is 2.27. The molecule has 1 atom stereocenters. The Bertz CT molecular complexity index is 172. The van der Waals surface area contributed by atoms with E-state index in [1.54, 1.807) is 0 Å². The Morgan fingerprint density at radius 1 is 1.43 bits per heavy atom. The van der Waals surface area contributed by atoms with Crippen LogP contribution in [-0.4, -0.2) is 39.0 Å². The normalized spacial score (nSPS) is 31.9. The van der Waals surface area contributed by atoms with Crippen LogP contribution in [0.3, 0.4) is 0 Å². The van der Waals surface area contributed by atoms with Gasteiger partial charge in [-0.2, -0.15) is 0 Å². The van der Waals surface area contributed by atoms with Gasteiger partial charge in [0.1, 0.15) is 0 Å². The Kier molecular flexibility index (Phi) is 3.42. The molecule has 0 aromatic rings. The molecular formula is C11H21NO2. The minimum atomic E-state index is 0.142. The number of nitrogens with one attached hydrogen (secondary N) is 1. The van der Waals surface area contributed by atoms with Crippen molar-refractivity contribution in [2.75, 3.05) is 33.4 Å². The predicted octanol–water partition coefficient (Wildman–Crippen LogP) is 1.18. The van der Waals surface area contributed by atoms with E-state index in [9.17, 15) is 0 Å². The molecule has 1 N–H and O–H groups in total. The highest BCUT2D eigenvalue weighted by Crippen LogP contribution is 2.32. The second-order valence-electron chi connectivity index (χ2n) is 4.57. The molecule has 2 heterocycles. The van der Waals surface area contributed by atoms with E-state index >= 15 is 0 Å². The molecule has 0 amide bonds. The minimum absolute atomic E-state index is 0.142. The molecule has 2 aliphatic heterocycles. The van der Waals surface area contributed by atoms with E-state index in [0.29, 0.717) is 0 Å². The third-order valence-electron chi connectivity index (χ3n) is 3.63. The zero-order chi connectivity index (χ0) is 9.86. The summed E-state index contributed by atoms with van der Waals surface area (Å²) in [5, 5.41) is 3.39. The van der Waals surface area contributed by atoms with Gasteiger partial charge in [0.25, 0.3) is 0 Å². The van der Waals surface area contributed by atoms with Crippen LogP contribution in [0.25, 0.3) is 0 Å². The van der Waals surface area contributed by atoms with Crippen molar-refractivity contribution >= 4 is 0 Å². The third-order valence-corrected chi connectivity index (χ3v) is 3.63. The van der Waals surface area contributed by atoms with Crippen LogP contribution >= 0.6 is 0 Å². The Morgan fingerprint density at radius 3 is 2.79 bits per heavy atom. The van der Waals surface area contributed by atoms with E-state index in [-0.39, 0.29) is 5.60 Å². The zero-order valence-corrected chi connectivity index (χ0v) is 9.05. The van der Waals surface area contributed by atoms with Crippen molar-refractivity contribution in [3.63, 3.8) is 0 Å². The van der Waals surface area contributed by atoms with Crippen LogP contribution in [0.15, 0.2) is 0 Å². The van der Waals surface area contributed by atoms with Crippen molar-refractivity contribution in [3.8, 4) is 0 Å². The fraction of sp³-hybridized carbons (Fsp3) is 1.00. The standard InChI is InChI=1S/C11H21NO2/c1-13-11(3-5-12-6-4-11)8-10-2-7-14-9-10/h10,12H,2-9H2,1H3. The molecule has 0 bridgehead atoms. The van der Waals surface area contributed by atoms with Gasteiger partial charge in [0.2, 0.25) is 0 Å². The molecule has 0 aliphatic carbocycles. The van der Waals surface area contributed by atoms with Gasteiger partial charge < -0.3 is 14.8 Å². The zero-order valence-electron chi connectivity index (χ0n) is 9.05. The quantitative estimate of drug-likeness (QED) is 0.740. The maximum absolute atomic E-state index is 5.75. The molecule has 82 valence electrons. The summed E-state index contributed by atoms with van der Waals surface area (Å²) in [7, 11) is 1.86. The van der Waals surface area contributed by atoms with Crippen molar-refractivity contribution in [2.45, 2.75) is 31.3 Å². The van der Waals surface area contributed by atoms with Gasteiger partial charge in [0.15, 0.2) is 0 Å². The van der Waals surface area contributed by atoms with Gasteiger partial charge in [-0.05, 0) is 44.7 Å². The maximum Gasteiger partial charge on any atom is 0.0706 e. The molecule has 0 radical (unpaired) electrons. The summed E-state index contributed by atoms with van der Waals surface area (Å²) in [5.74, 6) is 0.730. The van der Waals surface area contributed by atoms with Gasteiger partial charge in [0.05, 0.1) is 5.60 Å². The number of methoxy groups -OCH3 is 1. The van der Waals surface area contributed by atoms with Crippen LogP contribution < -0.4 is 5.32 Å². The lowest BCUT2D eigenvalue weighted by Crippen LogP contribution is -2.44. The smallest absolute Gasteiger partial charge is 0.0706 e. The van der Waals surface area contributed by atoms with Crippen LogP contribution in [0, 0.1) is 5.92 Å². The topological polar surface area (TPSA) is 30.5 Å². The summed E-state index contributed by atoms with van der Waals surface area (Å²) in [6.07, 6.45) is 4.71. The van der Waals surface area contributed by atoms with Crippen molar-refractivity contribution in [1.82, 2.24) is 5.32 Å². The average molecular weight is 199 g/mol. The molecule has 3 heteroatoms. The number of hydrogen-bond acceptors (Lipinski definition) is 3. The first kappa shape index (κ1) is 10.4. The summed E-state index contributed by atoms with van der Waals surface area (Å²) >= 11 is 0. The summed E-state index contributed by atoms with van der Waals surface area (Å²) in [5.41, 5.74) is 0.142. The lowest BCUT2D eigenvalue weighted by atomic mass is 9.83. The van der Waals surface area contributed by atoms with Crippen LogP contribution in [0.2, 0.25) is 0 Å². The van der Waals surface area contributed by atoms with E-state index in [1.807, 2.05) is 7.11 Å². The molecule has 14 heavy (non-hydrogen) atoms. The number of hydrogen-bond donors (Lipinski definition) is 1. The molecule has 0 aromatic carbocycles. The predicted molar refractivity (Wildman–Crippen MR) is 55.4 cm³/mol. The minimum Gasteiger partial charge on any atom is -0.381 e. The van der Waals surface area contributed by atoms with Crippen LogP contribution in [-0.2, 0) is 9.47 Å². The number of rotatable bonds is 3. The Hall–Kier alpha value is -0.120. The number of piperidine rings is 1. The van der Waals surface area contributed by atoms with Gasteiger partial charge in [-0.1, -0.05) is 0 Å². The van der Waals surface area contributed by atoms with Crippen LogP contribution in [0.5, 0.6) is 0 Å². The largest absolute Gasteiger partial charge is 0.381 e. The van der Waals surface area contributed by atoms with Crippen molar-refractivity contribution < 1.29 is 9.47 Å². The molecule has 2 fully saturated rings. The van der Waals surface area contributed by atoms with E-state index in [4.69, 9.17) is 9.47 Å². The van der Waals surface area contributed by atoms with Crippen molar-refractivity contribution in [2.24, 2.45) is 5.92 Å². The Labute approximate surface area is 86.2 Å². The van der Waals surface area contributed by atoms with Crippen LogP contribution in [0.4, 0.5) is 0 Å².